The average Bonchev–Trinajstić information content (AvgIpc) is 3.33. The molecule has 1 saturated heterocycles. The predicted octanol–water partition coefficient (Wildman–Crippen LogP) is 2.67. The molecule has 0 aliphatic carbocycles. The zero-order chi connectivity index (χ0) is 17.9. The van der Waals surface area contributed by atoms with Crippen LogP contribution in [0.1, 0.15) is 37.4 Å². The van der Waals surface area contributed by atoms with Gasteiger partial charge in [-0.25, -0.2) is 15.0 Å². The summed E-state index contributed by atoms with van der Waals surface area (Å²) in [7, 11) is 0. The molecule has 0 bridgehead atoms. The number of rotatable bonds is 6. The summed E-state index contributed by atoms with van der Waals surface area (Å²) in [4.78, 5) is 13.8. The number of anilines is 1. The van der Waals surface area contributed by atoms with Crippen molar-refractivity contribution in [2.75, 3.05) is 11.9 Å². The molecule has 4 rings (SSSR count). The Hall–Kier alpha value is -2.51. The molecule has 0 radical (unpaired) electrons. The van der Waals surface area contributed by atoms with Crippen molar-refractivity contribution in [2.45, 2.75) is 45.1 Å². The Balaban J connectivity index is 1.65. The Morgan fingerprint density at radius 1 is 1.23 bits per heavy atom. The standard InChI is InChI=1S/C19H23N5O2/c1-2-15-22-18(20-10-13-6-4-3-5-7-13)17-19(23-15)24(12-21-17)16-9-8-14(11-25)26-16/h3-7,12,14,16,25H,2,8-11H2,1H3,(H,20,22,23)/t14-,16-/m1/s1. The van der Waals surface area contributed by atoms with Crippen LogP contribution in [0.5, 0.6) is 0 Å². The van der Waals surface area contributed by atoms with Crippen LogP contribution in [0.2, 0.25) is 0 Å². The maximum atomic E-state index is 9.31. The molecule has 1 aromatic carbocycles. The van der Waals surface area contributed by atoms with Gasteiger partial charge in [0.05, 0.1) is 19.0 Å². The molecular formula is C19H23N5O2. The Morgan fingerprint density at radius 2 is 2.08 bits per heavy atom. The van der Waals surface area contributed by atoms with Crippen molar-refractivity contribution < 1.29 is 9.84 Å². The molecule has 7 nitrogen and oxygen atoms in total. The molecule has 0 saturated carbocycles. The van der Waals surface area contributed by atoms with Crippen LogP contribution in [0, 0.1) is 0 Å². The van der Waals surface area contributed by atoms with Gasteiger partial charge in [-0.2, -0.15) is 0 Å². The number of aryl methyl sites for hydroxylation is 1. The fourth-order valence-electron chi connectivity index (χ4n) is 3.26. The van der Waals surface area contributed by atoms with Crippen LogP contribution in [0.15, 0.2) is 36.7 Å². The topological polar surface area (TPSA) is 85.1 Å². The van der Waals surface area contributed by atoms with Crippen LogP contribution < -0.4 is 5.32 Å². The highest BCUT2D eigenvalue weighted by atomic mass is 16.5. The van der Waals surface area contributed by atoms with E-state index >= 15 is 0 Å². The van der Waals surface area contributed by atoms with E-state index in [-0.39, 0.29) is 18.9 Å². The second-order valence-electron chi connectivity index (χ2n) is 6.48. The summed E-state index contributed by atoms with van der Waals surface area (Å²) in [5.41, 5.74) is 2.70. The number of hydrogen-bond acceptors (Lipinski definition) is 6. The summed E-state index contributed by atoms with van der Waals surface area (Å²) in [6.07, 6.45) is 3.93. The van der Waals surface area contributed by atoms with Gasteiger partial charge in [-0.15, -0.1) is 0 Å². The second-order valence-corrected chi connectivity index (χ2v) is 6.48. The lowest BCUT2D eigenvalue weighted by Gasteiger charge is -2.14. The number of benzene rings is 1. The van der Waals surface area contributed by atoms with Gasteiger partial charge in [0.2, 0.25) is 0 Å². The Morgan fingerprint density at radius 3 is 2.81 bits per heavy atom. The van der Waals surface area contributed by atoms with E-state index in [1.807, 2.05) is 29.7 Å². The number of aliphatic hydroxyl groups is 1. The fraction of sp³-hybridized carbons (Fsp3) is 0.421. The van der Waals surface area contributed by atoms with Gasteiger partial charge < -0.3 is 15.2 Å². The minimum absolute atomic E-state index is 0.0439. The van der Waals surface area contributed by atoms with Crippen molar-refractivity contribution in [3.05, 3.63) is 48.0 Å². The number of aromatic nitrogens is 4. The first kappa shape index (κ1) is 16.9. The van der Waals surface area contributed by atoms with Gasteiger partial charge in [-0.05, 0) is 18.4 Å². The van der Waals surface area contributed by atoms with Crippen molar-refractivity contribution in [2.24, 2.45) is 0 Å². The largest absolute Gasteiger partial charge is 0.394 e. The van der Waals surface area contributed by atoms with Crippen LogP contribution in [0.25, 0.3) is 11.2 Å². The van der Waals surface area contributed by atoms with Crippen LogP contribution in [0.4, 0.5) is 5.82 Å². The van der Waals surface area contributed by atoms with Crippen molar-refractivity contribution in [1.82, 2.24) is 19.5 Å². The maximum Gasteiger partial charge on any atom is 0.167 e. The molecule has 3 aromatic rings. The molecule has 3 heterocycles. The van der Waals surface area contributed by atoms with Crippen LogP contribution >= 0.6 is 0 Å². The molecule has 26 heavy (non-hydrogen) atoms. The van der Waals surface area contributed by atoms with Crippen molar-refractivity contribution in [1.29, 1.82) is 0 Å². The van der Waals surface area contributed by atoms with E-state index < -0.39 is 0 Å². The van der Waals surface area contributed by atoms with Gasteiger partial charge in [-0.3, -0.25) is 4.57 Å². The van der Waals surface area contributed by atoms with Gasteiger partial charge >= 0.3 is 0 Å². The van der Waals surface area contributed by atoms with E-state index in [1.54, 1.807) is 6.33 Å². The molecule has 0 unspecified atom stereocenters. The fourth-order valence-corrected chi connectivity index (χ4v) is 3.26. The molecule has 1 fully saturated rings. The van der Waals surface area contributed by atoms with Gasteiger partial charge in [0.25, 0.3) is 0 Å². The predicted molar refractivity (Wildman–Crippen MR) is 98.7 cm³/mol. The molecule has 0 amide bonds. The van der Waals surface area contributed by atoms with E-state index in [9.17, 15) is 5.11 Å². The summed E-state index contributed by atoms with van der Waals surface area (Å²) in [5.74, 6) is 1.51. The lowest BCUT2D eigenvalue weighted by Crippen LogP contribution is -2.14. The molecular weight excluding hydrogens is 330 g/mol. The third-order valence-electron chi connectivity index (χ3n) is 4.69. The number of ether oxygens (including phenoxy) is 1. The minimum atomic E-state index is -0.140. The first-order valence-electron chi connectivity index (χ1n) is 9.06. The lowest BCUT2D eigenvalue weighted by atomic mass is 10.2. The highest BCUT2D eigenvalue weighted by Gasteiger charge is 2.28. The quantitative estimate of drug-likeness (QED) is 0.709. The van der Waals surface area contributed by atoms with E-state index in [2.05, 4.69) is 32.4 Å². The molecule has 136 valence electrons. The van der Waals surface area contributed by atoms with Crippen LogP contribution in [0.3, 0.4) is 0 Å². The number of hydrogen-bond donors (Lipinski definition) is 2. The minimum Gasteiger partial charge on any atom is -0.394 e. The Bertz CT molecular complexity index is 880. The number of fused-ring (bicyclic) bond motifs is 1. The summed E-state index contributed by atoms with van der Waals surface area (Å²) in [5, 5.41) is 12.7. The van der Waals surface area contributed by atoms with E-state index in [0.29, 0.717) is 6.54 Å². The smallest absolute Gasteiger partial charge is 0.167 e. The van der Waals surface area contributed by atoms with E-state index in [1.165, 1.54) is 5.56 Å². The van der Waals surface area contributed by atoms with Crippen molar-refractivity contribution in [3.8, 4) is 0 Å². The number of aliphatic hydroxyl groups excluding tert-OH is 1. The van der Waals surface area contributed by atoms with Gasteiger partial charge in [0, 0.05) is 13.0 Å². The maximum absolute atomic E-state index is 9.31. The number of imidazole rings is 1. The third-order valence-corrected chi connectivity index (χ3v) is 4.69. The molecule has 2 aromatic heterocycles. The van der Waals surface area contributed by atoms with E-state index in [0.717, 1.165) is 42.1 Å². The van der Waals surface area contributed by atoms with Crippen LogP contribution in [-0.2, 0) is 17.7 Å². The Kier molecular flexibility index (Phi) is 4.81. The van der Waals surface area contributed by atoms with Crippen molar-refractivity contribution in [3.63, 3.8) is 0 Å². The van der Waals surface area contributed by atoms with Gasteiger partial charge in [-0.1, -0.05) is 37.3 Å². The third kappa shape index (κ3) is 3.27. The van der Waals surface area contributed by atoms with Crippen molar-refractivity contribution >= 4 is 17.0 Å². The first-order chi connectivity index (χ1) is 12.8. The molecule has 2 N–H and O–H groups in total. The first-order valence-corrected chi connectivity index (χ1v) is 9.06. The lowest BCUT2D eigenvalue weighted by molar-refractivity contribution is -0.0207. The van der Waals surface area contributed by atoms with E-state index in [4.69, 9.17) is 4.74 Å². The Labute approximate surface area is 152 Å². The highest BCUT2D eigenvalue weighted by molar-refractivity contribution is 5.83. The SMILES string of the molecule is CCc1nc(NCc2ccccc2)c2ncn([C@H]3CC[C@H](CO)O3)c2n1. The number of nitrogens with zero attached hydrogens (tertiary/aromatic N) is 4. The molecule has 1 aliphatic heterocycles. The summed E-state index contributed by atoms with van der Waals surface area (Å²) in [6.45, 7) is 2.76. The molecule has 0 spiro atoms. The monoisotopic (exact) mass is 353 g/mol. The molecule has 2 atom stereocenters. The van der Waals surface area contributed by atoms with Gasteiger partial charge in [0.15, 0.2) is 17.0 Å². The molecule has 7 heteroatoms. The highest BCUT2D eigenvalue weighted by Crippen LogP contribution is 2.31. The van der Waals surface area contributed by atoms with Gasteiger partial charge in [0.1, 0.15) is 12.1 Å². The van der Waals surface area contributed by atoms with Crippen LogP contribution in [-0.4, -0.2) is 37.3 Å². The summed E-state index contributed by atoms with van der Waals surface area (Å²) in [6, 6.07) is 10.2. The normalized spacial score (nSPS) is 19.9. The average molecular weight is 353 g/mol. The summed E-state index contributed by atoms with van der Waals surface area (Å²) < 4.78 is 7.86. The number of nitrogens with one attached hydrogen (secondary N) is 1. The zero-order valence-electron chi connectivity index (χ0n) is 14.8. The zero-order valence-corrected chi connectivity index (χ0v) is 14.8. The second kappa shape index (κ2) is 7.39. The molecule has 1 aliphatic rings. The summed E-state index contributed by atoms with van der Waals surface area (Å²) >= 11 is 0.